The molecule has 2 fully saturated rings. The highest BCUT2D eigenvalue weighted by Gasteiger charge is 2.33. The summed E-state index contributed by atoms with van der Waals surface area (Å²) in [4.78, 5) is 116. The van der Waals surface area contributed by atoms with Crippen LogP contribution in [-0.4, -0.2) is 162 Å². The molecular weight excluding hydrogens is 1120 g/mol. The highest BCUT2D eigenvalue weighted by molar-refractivity contribution is 6.13. The first kappa shape index (κ1) is 63.9. The Morgan fingerprint density at radius 3 is 1.66 bits per heavy atom. The van der Waals surface area contributed by atoms with Gasteiger partial charge in [-0.25, -0.2) is 0 Å². The van der Waals surface area contributed by atoms with Gasteiger partial charge in [-0.1, -0.05) is 7.43 Å². The number of fused-ring (bicyclic) bond motifs is 4. The molecule has 0 radical (unpaired) electrons. The summed E-state index contributed by atoms with van der Waals surface area (Å²) in [7, 11) is 1.54. The minimum Gasteiger partial charge on any atom is -0.493 e. The summed E-state index contributed by atoms with van der Waals surface area (Å²) in [6, 6.07) is 19.7. The van der Waals surface area contributed by atoms with E-state index in [-0.39, 0.29) is 132 Å². The minimum atomic E-state index is -0.360. The number of methoxy groups -OCH3 is 1. The Hall–Kier alpha value is -9.15. The molecule has 2 atom stereocenters. The fourth-order valence-corrected chi connectivity index (χ4v) is 10.7. The summed E-state index contributed by atoms with van der Waals surface area (Å²) in [5.41, 5.74) is 10.5. The molecule has 0 aliphatic carbocycles. The van der Waals surface area contributed by atoms with Crippen LogP contribution in [0.4, 0.5) is 11.4 Å². The largest absolute Gasteiger partial charge is 0.493 e. The van der Waals surface area contributed by atoms with Crippen LogP contribution in [0.3, 0.4) is 0 Å². The van der Waals surface area contributed by atoms with Crippen LogP contribution in [0.1, 0.15) is 122 Å². The predicted octanol–water partition coefficient (Wildman–Crippen LogP) is 7.16. The smallest absolute Gasteiger partial charge is 0.256 e. The van der Waals surface area contributed by atoms with E-state index in [1.54, 1.807) is 24.3 Å². The number of rotatable bonds is 25. The molecule has 6 heterocycles. The molecule has 22 nitrogen and oxygen atoms in total. The first-order valence-corrected chi connectivity index (χ1v) is 29.0. The Labute approximate surface area is 505 Å². The number of hydrogen-bond acceptors (Lipinski definition) is 18. The van der Waals surface area contributed by atoms with Gasteiger partial charge >= 0.3 is 0 Å². The molecule has 4 aromatic carbocycles. The summed E-state index contributed by atoms with van der Waals surface area (Å²) in [6.45, 7) is 3.91. The van der Waals surface area contributed by atoms with E-state index in [0.29, 0.717) is 94.9 Å². The lowest BCUT2D eigenvalue weighted by Gasteiger charge is -2.32. The lowest BCUT2D eigenvalue weighted by atomic mass is 10.0. The van der Waals surface area contributed by atoms with Crippen molar-refractivity contribution >= 4 is 76.5 Å². The standard InChI is InChI=1S/C55H58N6O11.C9H12N2O3.CH4/c1-35(56-31-42(63)10-7-19-61-52(64)15-16-53(61)65)38-11-13-43(14-12-38)69-20-21-70-44-23-36(33-71-49-27-47-45(25-39(49)32-62)54(66)59-17-5-3-8-40(59)29-57-47)22-37(24-44)34-72-51-28-48-46(26-50(51)68-2)55(67)60-18-6-4-9-41(60)30-58-48;10-6-7(12)2-1-5-11-8(13)3-4-9(11)14;/h11-16,22-30,40-41,62H,3-10,17-21,31-34H2,1-2H3;3-4H,1-2,5-6,10H2;1H4/t40-,41-;;/m0../s1. The number of nitrogens with two attached hydrogens (primary N) is 1. The van der Waals surface area contributed by atoms with Crippen molar-refractivity contribution in [3.05, 3.63) is 124 Å². The first-order valence-electron chi connectivity index (χ1n) is 29.0. The molecule has 6 aliphatic rings. The predicted molar refractivity (Wildman–Crippen MR) is 325 cm³/mol. The van der Waals surface area contributed by atoms with Crippen molar-refractivity contribution in [3.8, 4) is 28.7 Å². The number of aliphatic imine (C=N–C) groups is 3. The second-order valence-electron chi connectivity index (χ2n) is 21.3. The number of hydrogen-bond donors (Lipinski definition) is 2. The van der Waals surface area contributed by atoms with E-state index in [4.69, 9.17) is 39.4 Å². The molecular formula is C65H74N8O14. The number of aliphatic hydroxyl groups is 1. The third-order valence-electron chi connectivity index (χ3n) is 15.4. The van der Waals surface area contributed by atoms with Crippen molar-refractivity contribution in [2.45, 2.75) is 110 Å². The Balaban J connectivity index is 0.000000577. The van der Waals surface area contributed by atoms with Crippen LogP contribution in [0.15, 0.2) is 106 Å². The van der Waals surface area contributed by atoms with Crippen molar-refractivity contribution in [3.63, 3.8) is 0 Å². The fraction of sp³-hybridized carbons (Fsp3) is 0.400. The van der Waals surface area contributed by atoms with Gasteiger partial charge in [0.15, 0.2) is 17.3 Å². The summed E-state index contributed by atoms with van der Waals surface area (Å²) >= 11 is 0. The lowest BCUT2D eigenvalue weighted by Crippen LogP contribution is -2.43. The van der Waals surface area contributed by atoms with Crippen molar-refractivity contribution in [1.29, 1.82) is 0 Å². The monoisotopic (exact) mass is 1190 g/mol. The van der Waals surface area contributed by atoms with Crippen LogP contribution in [0.2, 0.25) is 0 Å². The summed E-state index contributed by atoms with van der Waals surface area (Å²) in [5.74, 6) is 0.709. The van der Waals surface area contributed by atoms with E-state index >= 15 is 0 Å². The Kier molecular flexibility index (Phi) is 22.2. The van der Waals surface area contributed by atoms with Crippen LogP contribution in [-0.2, 0) is 48.6 Å². The zero-order valence-electron chi connectivity index (χ0n) is 48.3. The van der Waals surface area contributed by atoms with Crippen molar-refractivity contribution < 1.29 is 67.1 Å². The molecule has 0 unspecified atom stereocenters. The van der Waals surface area contributed by atoms with Crippen LogP contribution >= 0.6 is 0 Å². The number of nitrogens with zero attached hydrogens (tertiary/aromatic N) is 7. The lowest BCUT2D eigenvalue weighted by molar-refractivity contribution is -0.138. The quantitative estimate of drug-likeness (QED) is 0.0378. The molecule has 3 N–H and O–H groups in total. The van der Waals surface area contributed by atoms with Crippen LogP contribution in [0.5, 0.6) is 28.7 Å². The topological polar surface area (TPSA) is 279 Å². The molecule has 2 saturated heterocycles. The van der Waals surface area contributed by atoms with Crippen molar-refractivity contribution in [2.75, 3.05) is 59.6 Å². The summed E-state index contributed by atoms with van der Waals surface area (Å²) in [6.07, 6.45) is 15.7. The number of benzene rings is 4. The van der Waals surface area contributed by atoms with E-state index in [0.717, 1.165) is 65.0 Å². The average molecular weight is 1190 g/mol. The number of carbonyl (C=O) groups excluding carboxylic acids is 8. The number of carbonyl (C=O) groups is 8. The molecule has 458 valence electrons. The van der Waals surface area contributed by atoms with Crippen molar-refractivity contribution in [1.82, 2.24) is 19.6 Å². The second kappa shape index (κ2) is 30.3. The van der Waals surface area contributed by atoms with Gasteiger partial charge in [0.1, 0.15) is 49.5 Å². The molecule has 0 spiro atoms. The Morgan fingerprint density at radius 1 is 0.621 bits per heavy atom. The molecule has 4 aromatic rings. The Bertz CT molecular complexity index is 3250. The average Bonchev–Trinajstić information content (AvgIpc) is 2.05. The van der Waals surface area contributed by atoms with Gasteiger partial charge in [-0.05, 0) is 130 Å². The van der Waals surface area contributed by atoms with Gasteiger partial charge in [-0.15, -0.1) is 0 Å². The normalized spacial score (nSPS) is 17.6. The van der Waals surface area contributed by atoms with Gasteiger partial charge in [0, 0.05) is 99.2 Å². The SMILES string of the molecule is C.COc1cc2c(cc1OCc1cc(COc3cc4c(cc3CO)C(=O)N3CCCC[C@H]3C=N4)cc(OCCOc3ccc(C(C)=NCC(=O)CCCN4C(=O)C=CC4=O)cc3)c1)N=C[C@@H]1CCCCN1C2=O.NCC(=O)CCCN1C(=O)C=CC1=O. The van der Waals surface area contributed by atoms with Gasteiger partial charge < -0.3 is 44.3 Å². The molecule has 6 aliphatic heterocycles. The maximum atomic E-state index is 13.6. The summed E-state index contributed by atoms with van der Waals surface area (Å²) < 4.78 is 30.8. The van der Waals surface area contributed by atoms with Gasteiger partial charge in [0.25, 0.3) is 35.4 Å². The molecule has 22 heteroatoms. The zero-order chi connectivity index (χ0) is 60.7. The van der Waals surface area contributed by atoms with E-state index in [1.165, 1.54) is 31.4 Å². The van der Waals surface area contributed by atoms with Crippen LogP contribution in [0, 0.1) is 0 Å². The van der Waals surface area contributed by atoms with Crippen LogP contribution in [0.25, 0.3) is 0 Å². The van der Waals surface area contributed by atoms with Crippen molar-refractivity contribution in [2.24, 2.45) is 20.7 Å². The highest BCUT2D eigenvalue weighted by Crippen LogP contribution is 2.39. The number of ether oxygens (including phenoxy) is 5. The number of amides is 6. The van der Waals surface area contributed by atoms with E-state index in [9.17, 15) is 43.5 Å². The number of imide groups is 2. The van der Waals surface area contributed by atoms with Gasteiger partial charge in [0.05, 0.1) is 61.4 Å². The third kappa shape index (κ3) is 16.2. The maximum absolute atomic E-state index is 13.6. The number of piperidine rings is 2. The number of ketones is 2. The van der Waals surface area contributed by atoms with Gasteiger partial charge in [0.2, 0.25) is 0 Å². The molecule has 6 amide bonds. The minimum absolute atomic E-state index is 0. The molecule has 0 bridgehead atoms. The maximum Gasteiger partial charge on any atom is 0.256 e. The number of Topliss-reactive ketones (excluding diaryl/α,β-unsaturated/α-hetero) is 2. The number of aliphatic hydroxyl groups excluding tert-OH is 1. The second-order valence-corrected chi connectivity index (χ2v) is 21.3. The molecule has 0 saturated carbocycles. The van der Waals surface area contributed by atoms with E-state index < -0.39 is 0 Å². The highest BCUT2D eigenvalue weighted by atomic mass is 16.5. The first-order chi connectivity index (χ1) is 41.7. The molecule has 0 aromatic heterocycles. The van der Waals surface area contributed by atoms with Gasteiger partial charge in [-0.3, -0.25) is 63.1 Å². The molecule has 10 rings (SSSR count). The van der Waals surface area contributed by atoms with Gasteiger partial charge in [-0.2, -0.15) is 0 Å². The summed E-state index contributed by atoms with van der Waals surface area (Å²) in [5, 5.41) is 10.5. The van der Waals surface area contributed by atoms with Crippen LogP contribution < -0.4 is 29.4 Å². The Morgan fingerprint density at radius 2 is 1.13 bits per heavy atom. The zero-order valence-corrected chi connectivity index (χ0v) is 48.3. The molecule has 87 heavy (non-hydrogen) atoms. The fourth-order valence-electron chi connectivity index (χ4n) is 10.7. The van der Waals surface area contributed by atoms with E-state index in [2.05, 4.69) is 4.99 Å². The third-order valence-corrected chi connectivity index (χ3v) is 15.4. The van der Waals surface area contributed by atoms with E-state index in [1.807, 2.05) is 71.6 Å².